The maximum absolute atomic E-state index is 13.4. The van der Waals surface area contributed by atoms with Gasteiger partial charge in [-0.2, -0.15) is 4.98 Å². The third kappa shape index (κ3) is 2.88. The lowest BCUT2D eigenvalue weighted by Crippen LogP contribution is -1.99. The van der Waals surface area contributed by atoms with Crippen molar-refractivity contribution in [2.24, 2.45) is 0 Å². The van der Waals surface area contributed by atoms with Crippen LogP contribution in [-0.2, 0) is 0 Å². The number of hydrogen-bond acceptors (Lipinski definition) is 4. The van der Waals surface area contributed by atoms with Crippen LogP contribution in [0.2, 0.25) is 5.28 Å². The summed E-state index contributed by atoms with van der Waals surface area (Å²) in [6, 6.07) is 5.22. The Bertz CT molecular complexity index is 582. The fourth-order valence-corrected chi connectivity index (χ4v) is 1.99. The van der Waals surface area contributed by atoms with E-state index in [-0.39, 0.29) is 11.1 Å². The van der Waals surface area contributed by atoms with Gasteiger partial charge in [0.15, 0.2) is 11.6 Å². The van der Waals surface area contributed by atoms with E-state index < -0.39 is 5.82 Å². The van der Waals surface area contributed by atoms with Crippen molar-refractivity contribution in [2.75, 3.05) is 12.4 Å². The molecule has 7 heteroatoms. The lowest BCUT2D eigenvalue weighted by atomic mass is 10.3. The van der Waals surface area contributed by atoms with Gasteiger partial charge in [-0.3, -0.25) is 0 Å². The summed E-state index contributed by atoms with van der Waals surface area (Å²) >= 11 is 8.94. The molecule has 0 aliphatic heterocycles. The molecule has 1 N–H and O–H groups in total. The standard InChI is InChI=1S/C11H8BrClFN3O/c1-18-9-3-2-6(4-7(9)12)16-10-8(14)5-15-11(13)17-10/h2-5H,1H3,(H,15,16,17). The van der Waals surface area contributed by atoms with Crippen molar-refractivity contribution in [2.45, 2.75) is 0 Å². The quantitative estimate of drug-likeness (QED) is 0.869. The minimum Gasteiger partial charge on any atom is -0.496 e. The smallest absolute Gasteiger partial charge is 0.224 e. The number of benzene rings is 1. The average Bonchev–Trinajstić information content (AvgIpc) is 2.34. The number of nitrogens with zero attached hydrogens (tertiary/aromatic N) is 2. The third-order valence-corrected chi connectivity index (χ3v) is 2.93. The summed E-state index contributed by atoms with van der Waals surface area (Å²) in [5.74, 6) is 0.125. The molecule has 1 aromatic carbocycles. The minimum absolute atomic E-state index is 0.0204. The van der Waals surface area contributed by atoms with Crippen molar-refractivity contribution < 1.29 is 9.13 Å². The average molecular weight is 333 g/mol. The number of halogens is 3. The summed E-state index contributed by atoms with van der Waals surface area (Å²) < 4.78 is 19.3. The van der Waals surface area contributed by atoms with Crippen molar-refractivity contribution >= 4 is 39.0 Å². The van der Waals surface area contributed by atoms with Crippen molar-refractivity contribution in [1.82, 2.24) is 9.97 Å². The molecule has 18 heavy (non-hydrogen) atoms. The molecule has 1 aromatic heterocycles. The third-order valence-electron chi connectivity index (χ3n) is 2.13. The molecule has 0 spiro atoms. The fourth-order valence-electron chi connectivity index (χ4n) is 1.31. The van der Waals surface area contributed by atoms with Gasteiger partial charge in [-0.05, 0) is 45.7 Å². The van der Waals surface area contributed by atoms with Crippen molar-refractivity contribution in [3.63, 3.8) is 0 Å². The molecule has 4 nitrogen and oxygen atoms in total. The van der Waals surface area contributed by atoms with Gasteiger partial charge >= 0.3 is 0 Å². The maximum atomic E-state index is 13.4. The van der Waals surface area contributed by atoms with Gasteiger partial charge in [-0.25, -0.2) is 9.37 Å². The first kappa shape index (κ1) is 13.0. The van der Waals surface area contributed by atoms with Crippen molar-refractivity contribution in [1.29, 1.82) is 0 Å². The molecule has 0 aliphatic rings. The molecule has 0 aliphatic carbocycles. The summed E-state index contributed by atoms with van der Waals surface area (Å²) in [6.45, 7) is 0. The van der Waals surface area contributed by atoms with E-state index in [4.69, 9.17) is 16.3 Å². The number of hydrogen-bond donors (Lipinski definition) is 1. The molecule has 0 saturated heterocycles. The molecular formula is C11H8BrClFN3O. The van der Waals surface area contributed by atoms with Gasteiger partial charge in [0.25, 0.3) is 0 Å². The molecule has 2 rings (SSSR count). The number of rotatable bonds is 3. The van der Waals surface area contributed by atoms with Gasteiger partial charge in [0.1, 0.15) is 5.75 Å². The summed E-state index contributed by atoms with van der Waals surface area (Å²) in [5, 5.41) is 2.79. The number of methoxy groups -OCH3 is 1. The van der Waals surface area contributed by atoms with Crippen LogP contribution in [-0.4, -0.2) is 17.1 Å². The number of aromatic nitrogens is 2. The first-order valence-electron chi connectivity index (χ1n) is 4.89. The van der Waals surface area contributed by atoms with Crippen LogP contribution in [0.4, 0.5) is 15.9 Å². The molecule has 0 fully saturated rings. The Morgan fingerprint density at radius 2 is 2.22 bits per heavy atom. The first-order valence-corrected chi connectivity index (χ1v) is 6.06. The lowest BCUT2D eigenvalue weighted by molar-refractivity contribution is 0.412. The highest BCUT2D eigenvalue weighted by Gasteiger charge is 2.07. The van der Waals surface area contributed by atoms with Crippen LogP contribution in [0.3, 0.4) is 0 Å². The van der Waals surface area contributed by atoms with E-state index in [1.807, 2.05) is 0 Å². The molecule has 0 saturated carbocycles. The molecule has 0 radical (unpaired) electrons. The monoisotopic (exact) mass is 331 g/mol. The van der Waals surface area contributed by atoms with Crippen LogP contribution in [0, 0.1) is 5.82 Å². The summed E-state index contributed by atoms with van der Waals surface area (Å²) in [6.07, 6.45) is 1.01. The highest BCUT2D eigenvalue weighted by atomic mass is 79.9. The van der Waals surface area contributed by atoms with Gasteiger partial charge in [0.05, 0.1) is 17.8 Å². The van der Waals surface area contributed by atoms with Crippen LogP contribution in [0.15, 0.2) is 28.9 Å². The van der Waals surface area contributed by atoms with E-state index in [1.54, 1.807) is 25.3 Å². The van der Waals surface area contributed by atoms with Gasteiger partial charge in [-0.1, -0.05) is 0 Å². The van der Waals surface area contributed by atoms with Crippen LogP contribution in [0.1, 0.15) is 0 Å². The summed E-state index contributed by atoms with van der Waals surface area (Å²) in [7, 11) is 1.57. The SMILES string of the molecule is COc1ccc(Nc2nc(Cl)ncc2F)cc1Br. The zero-order valence-electron chi connectivity index (χ0n) is 9.25. The van der Waals surface area contributed by atoms with Gasteiger partial charge < -0.3 is 10.1 Å². The number of nitrogens with one attached hydrogen (secondary N) is 1. The lowest BCUT2D eigenvalue weighted by Gasteiger charge is -2.09. The van der Waals surface area contributed by atoms with Gasteiger partial charge in [-0.15, -0.1) is 0 Å². The van der Waals surface area contributed by atoms with Gasteiger partial charge in [0.2, 0.25) is 5.28 Å². The van der Waals surface area contributed by atoms with E-state index in [9.17, 15) is 4.39 Å². The highest BCUT2D eigenvalue weighted by molar-refractivity contribution is 9.10. The van der Waals surface area contributed by atoms with E-state index in [2.05, 4.69) is 31.2 Å². The van der Waals surface area contributed by atoms with Crippen LogP contribution < -0.4 is 10.1 Å². The van der Waals surface area contributed by atoms with Crippen molar-refractivity contribution in [3.8, 4) is 5.75 Å². The van der Waals surface area contributed by atoms with Gasteiger partial charge in [0, 0.05) is 5.69 Å². The fraction of sp³-hybridized carbons (Fsp3) is 0.0909. The van der Waals surface area contributed by atoms with Crippen LogP contribution in [0.5, 0.6) is 5.75 Å². The van der Waals surface area contributed by atoms with E-state index in [1.165, 1.54) is 0 Å². The second-order valence-corrected chi connectivity index (χ2v) is 4.50. The zero-order valence-corrected chi connectivity index (χ0v) is 11.6. The van der Waals surface area contributed by atoms with Crippen LogP contribution in [0.25, 0.3) is 0 Å². The molecule has 0 amide bonds. The maximum Gasteiger partial charge on any atom is 0.224 e. The van der Waals surface area contributed by atoms with Crippen molar-refractivity contribution in [3.05, 3.63) is 40.0 Å². The first-order chi connectivity index (χ1) is 8.60. The zero-order chi connectivity index (χ0) is 13.1. The molecule has 0 unspecified atom stereocenters. The molecule has 94 valence electrons. The largest absolute Gasteiger partial charge is 0.496 e. The normalized spacial score (nSPS) is 10.2. The highest BCUT2D eigenvalue weighted by Crippen LogP contribution is 2.29. The Morgan fingerprint density at radius 1 is 1.44 bits per heavy atom. The van der Waals surface area contributed by atoms with E-state index in [0.29, 0.717) is 11.4 Å². The Kier molecular flexibility index (Phi) is 3.98. The van der Waals surface area contributed by atoms with E-state index in [0.717, 1.165) is 10.7 Å². The topological polar surface area (TPSA) is 47.0 Å². The summed E-state index contributed by atoms with van der Waals surface area (Å²) in [4.78, 5) is 7.30. The number of anilines is 2. The Balaban J connectivity index is 2.28. The molecule has 0 atom stereocenters. The second kappa shape index (κ2) is 5.49. The Hall–Kier alpha value is -1.40. The molecule has 2 aromatic rings. The minimum atomic E-state index is -0.577. The second-order valence-electron chi connectivity index (χ2n) is 3.31. The Morgan fingerprint density at radius 3 is 2.89 bits per heavy atom. The predicted octanol–water partition coefficient (Wildman–Crippen LogP) is 3.78. The molecule has 1 heterocycles. The summed E-state index contributed by atoms with van der Waals surface area (Å²) in [5.41, 5.74) is 0.649. The molecular weight excluding hydrogens is 324 g/mol. The number of ether oxygens (including phenoxy) is 1. The van der Waals surface area contributed by atoms with Crippen LogP contribution >= 0.6 is 27.5 Å². The molecule has 0 bridgehead atoms. The predicted molar refractivity (Wildman–Crippen MR) is 71.0 cm³/mol. The van der Waals surface area contributed by atoms with E-state index >= 15 is 0 Å². The Labute approximate surface area is 116 Å².